The summed E-state index contributed by atoms with van der Waals surface area (Å²) >= 11 is 5.61. The van der Waals surface area contributed by atoms with E-state index in [0.717, 1.165) is 0 Å². The highest BCUT2D eigenvalue weighted by Gasteiger charge is 2.12. The van der Waals surface area contributed by atoms with Gasteiger partial charge in [0.25, 0.3) is 0 Å². The quantitative estimate of drug-likeness (QED) is 0.688. The molecule has 2 aromatic heterocycles. The normalized spacial score (nSPS) is 12.5. The summed E-state index contributed by atoms with van der Waals surface area (Å²) in [6, 6.07) is 4.20. The van der Waals surface area contributed by atoms with E-state index < -0.39 is 11.9 Å². The van der Waals surface area contributed by atoms with Gasteiger partial charge in [0, 0.05) is 6.54 Å². The minimum Gasteiger partial charge on any atom is -0.387 e. The molecular weight excluding hydrogens is 297 g/mol. The van der Waals surface area contributed by atoms with Crippen LogP contribution >= 0.6 is 11.6 Å². The smallest absolute Gasteiger partial charge is 0.160 e. The summed E-state index contributed by atoms with van der Waals surface area (Å²) in [7, 11) is 0. The number of halogens is 2. The fourth-order valence-corrected chi connectivity index (χ4v) is 2.05. The molecule has 0 bridgehead atoms. The molecular formula is C13H11ClFN5O. The fourth-order valence-electron chi connectivity index (χ4n) is 1.94. The molecule has 3 N–H and O–H groups in total. The first-order chi connectivity index (χ1) is 10.1. The molecule has 0 saturated heterocycles. The van der Waals surface area contributed by atoms with E-state index in [-0.39, 0.29) is 11.6 Å². The van der Waals surface area contributed by atoms with Gasteiger partial charge in [-0.25, -0.2) is 14.4 Å². The van der Waals surface area contributed by atoms with E-state index in [1.54, 1.807) is 12.3 Å². The first-order valence-corrected chi connectivity index (χ1v) is 6.54. The Bertz CT molecular complexity index is 778. The summed E-state index contributed by atoms with van der Waals surface area (Å²) in [4.78, 5) is 8.10. The molecule has 0 saturated carbocycles. The number of hydrogen-bond acceptors (Lipinski definition) is 5. The zero-order valence-electron chi connectivity index (χ0n) is 10.7. The van der Waals surface area contributed by atoms with Crippen LogP contribution in [0.15, 0.2) is 30.7 Å². The average Bonchev–Trinajstić information content (AvgIpc) is 2.96. The second-order valence-corrected chi connectivity index (χ2v) is 4.83. The van der Waals surface area contributed by atoms with Gasteiger partial charge in [0.05, 0.1) is 22.7 Å². The molecule has 0 amide bonds. The second-order valence-electron chi connectivity index (χ2n) is 4.42. The summed E-state index contributed by atoms with van der Waals surface area (Å²) in [6.07, 6.45) is 2.08. The fraction of sp³-hybridized carbons (Fsp3) is 0.154. The van der Waals surface area contributed by atoms with Crippen LogP contribution in [-0.2, 0) is 0 Å². The van der Waals surface area contributed by atoms with E-state index >= 15 is 0 Å². The molecule has 8 heteroatoms. The first-order valence-electron chi connectivity index (χ1n) is 6.16. The number of rotatable bonds is 4. The van der Waals surface area contributed by atoms with Gasteiger partial charge >= 0.3 is 0 Å². The number of nitrogens with zero attached hydrogens (tertiary/aromatic N) is 3. The predicted molar refractivity (Wildman–Crippen MR) is 76.5 cm³/mol. The molecule has 0 spiro atoms. The van der Waals surface area contributed by atoms with Crippen LogP contribution in [0.5, 0.6) is 0 Å². The zero-order valence-corrected chi connectivity index (χ0v) is 11.5. The Hall–Kier alpha value is -2.25. The average molecular weight is 308 g/mol. The van der Waals surface area contributed by atoms with Gasteiger partial charge in [0.2, 0.25) is 0 Å². The number of aromatic nitrogens is 4. The number of aliphatic hydroxyl groups excluding tert-OH is 1. The van der Waals surface area contributed by atoms with Crippen LogP contribution in [0.25, 0.3) is 11.0 Å². The first kappa shape index (κ1) is 13.7. The van der Waals surface area contributed by atoms with E-state index in [1.165, 1.54) is 18.5 Å². The molecule has 1 atom stereocenters. The molecule has 0 fully saturated rings. The van der Waals surface area contributed by atoms with Crippen LogP contribution in [0.2, 0.25) is 5.02 Å². The van der Waals surface area contributed by atoms with Crippen molar-refractivity contribution in [2.45, 2.75) is 6.10 Å². The lowest BCUT2D eigenvalue weighted by molar-refractivity contribution is 0.191. The van der Waals surface area contributed by atoms with Crippen molar-refractivity contribution in [3.8, 4) is 0 Å². The van der Waals surface area contributed by atoms with Crippen molar-refractivity contribution in [3.63, 3.8) is 0 Å². The van der Waals surface area contributed by atoms with Crippen molar-refractivity contribution in [3.05, 3.63) is 47.1 Å². The Labute approximate surface area is 124 Å². The minimum atomic E-state index is -0.895. The van der Waals surface area contributed by atoms with Gasteiger partial charge < -0.3 is 10.4 Å². The Morgan fingerprint density at radius 1 is 1.38 bits per heavy atom. The Morgan fingerprint density at radius 2 is 2.24 bits per heavy atom. The SMILES string of the molecule is O[C@@H](CNc1ncnc2[nH]ncc12)c1ccc(Cl)c(F)c1. The molecule has 6 nitrogen and oxygen atoms in total. The molecule has 3 aromatic rings. The van der Waals surface area contributed by atoms with Crippen molar-refractivity contribution in [1.82, 2.24) is 20.2 Å². The van der Waals surface area contributed by atoms with Gasteiger partial charge in [-0.15, -0.1) is 0 Å². The largest absolute Gasteiger partial charge is 0.387 e. The minimum absolute atomic E-state index is 0.0230. The molecule has 3 rings (SSSR count). The van der Waals surface area contributed by atoms with Crippen LogP contribution in [0, 0.1) is 5.82 Å². The van der Waals surface area contributed by atoms with Gasteiger partial charge in [-0.05, 0) is 17.7 Å². The van der Waals surface area contributed by atoms with E-state index in [0.29, 0.717) is 22.4 Å². The van der Waals surface area contributed by atoms with Crippen molar-refractivity contribution in [2.24, 2.45) is 0 Å². The van der Waals surface area contributed by atoms with Crippen molar-refractivity contribution in [2.75, 3.05) is 11.9 Å². The van der Waals surface area contributed by atoms with Gasteiger partial charge in [-0.2, -0.15) is 5.10 Å². The lowest BCUT2D eigenvalue weighted by Gasteiger charge is -2.13. The lowest BCUT2D eigenvalue weighted by Crippen LogP contribution is -2.13. The second kappa shape index (κ2) is 5.63. The van der Waals surface area contributed by atoms with Crippen LogP contribution in [0.1, 0.15) is 11.7 Å². The molecule has 2 heterocycles. The third kappa shape index (κ3) is 2.79. The lowest BCUT2D eigenvalue weighted by atomic mass is 10.1. The number of aromatic amines is 1. The molecule has 0 unspecified atom stereocenters. The molecule has 0 aliphatic heterocycles. The Kier molecular flexibility index (Phi) is 3.68. The summed E-state index contributed by atoms with van der Waals surface area (Å²) in [5, 5.41) is 20.4. The number of hydrogen-bond donors (Lipinski definition) is 3. The Balaban J connectivity index is 1.75. The number of aliphatic hydroxyl groups is 1. The van der Waals surface area contributed by atoms with E-state index in [9.17, 15) is 9.50 Å². The molecule has 1 aromatic carbocycles. The zero-order chi connectivity index (χ0) is 14.8. The molecule has 21 heavy (non-hydrogen) atoms. The van der Waals surface area contributed by atoms with Gasteiger partial charge in [0.1, 0.15) is 18.0 Å². The number of H-pyrrole nitrogens is 1. The summed E-state index contributed by atoms with van der Waals surface area (Å²) in [5.74, 6) is -0.0188. The van der Waals surface area contributed by atoms with Crippen LogP contribution in [0.4, 0.5) is 10.2 Å². The standard InChI is InChI=1S/C13H11ClFN5O/c14-9-2-1-7(3-10(9)15)11(21)5-16-12-8-4-19-20-13(8)18-6-17-12/h1-4,6,11,21H,5H2,(H2,16,17,18,19,20)/t11-/m0/s1. The van der Waals surface area contributed by atoms with Crippen LogP contribution < -0.4 is 5.32 Å². The van der Waals surface area contributed by atoms with Crippen LogP contribution in [-0.4, -0.2) is 31.8 Å². The highest BCUT2D eigenvalue weighted by molar-refractivity contribution is 6.30. The number of benzene rings is 1. The van der Waals surface area contributed by atoms with Crippen LogP contribution in [0.3, 0.4) is 0 Å². The molecule has 108 valence electrons. The topological polar surface area (TPSA) is 86.7 Å². The maximum Gasteiger partial charge on any atom is 0.160 e. The maximum absolute atomic E-state index is 13.4. The van der Waals surface area contributed by atoms with Gasteiger partial charge in [-0.3, -0.25) is 5.10 Å². The third-order valence-corrected chi connectivity index (χ3v) is 3.35. The third-order valence-electron chi connectivity index (χ3n) is 3.04. The van der Waals surface area contributed by atoms with Crippen molar-refractivity contribution in [1.29, 1.82) is 0 Å². The number of nitrogens with one attached hydrogen (secondary N) is 2. The number of fused-ring (bicyclic) bond motifs is 1. The van der Waals surface area contributed by atoms with Gasteiger partial charge in [-0.1, -0.05) is 17.7 Å². The van der Waals surface area contributed by atoms with Gasteiger partial charge in [0.15, 0.2) is 5.65 Å². The molecule has 0 aliphatic carbocycles. The molecule has 0 aliphatic rings. The Morgan fingerprint density at radius 3 is 3.05 bits per heavy atom. The monoisotopic (exact) mass is 307 g/mol. The van der Waals surface area contributed by atoms with E-state index in [2.05, 4.69) is 25.5 Å². The highest BCUT2D eigenvalue weighted by Crippen LogP contribution is 2.22. The number of anilines is 1. The maximum atomic E-state index is 13.4. The summed E-state index contributed by atoms with van der Waals surface area (Å²) < 4.78 is 13.4. The van der Waals surface area contributed by atoms with E-state index in [1.807, 2.05) is 0 Å². The summed E-state index contributed by atoms with van der Waals surface area (Å²) in [5.41, 5.74) is 1.03. The molecule has 0 radical (unpaired) electrons. The van der Waals surface area contributed by atoms with Crippen molar-refractivity contribution >= 4 is 28.5 Å². The van der Waals surface area contributed by atoms with E-state index in [4.69, 9.17) is 11.6 Å². The summed E-state index contributed by atoms with van der Waals surface area (Å²) in [6.45, 7) is 0.165. The highest BCUT2D eigenvalue weighted by atomic mass is 35.5. The predicted octanol–water partition coefficient (Wildman–Crippen LogP) is 2.29. The van der Waals surface area contributed by atoms with Crippen molar-refractivity contribution < 1.29 is 9.50 Å².